The van der Waals surface area contributed by atoms with E-state index in [1.807, 2.05) is 6.07 Å². The SMILES string of the molecule is NC(=S)N/N=C/c1ccc(OC(=O)c2ccccc2)cc1. The van der Waals surface area contributed by atoms with Crippen molar-refractivity contribution in [3.8, 4) is 5.75 Å². The molecule has 0 spiro atoms. The lowest BCUT2D eigenvalue weighted by atomic mass is 10.2. The first-order chi connectivity index (χ1) is 10.1. The molecule has 21 heavy (non-hydrogen) atoms. The van der Waals surface area contributed by atoms with Gasteiger partial charge in [-0.15, -0.1) is 0 Å². The maximum atomic E-state index is 11.9. The predicted octanol–water partition coefficient (Wildman–Crippen LogP) is 2.07. The number of nitrogens with zero attached hydrogens (tertiary/aromatic N) is 1. The zero-order valence-corrected chi connectivity index (χ0v) is 11.8. The van der Waals surface area contributed by atoms with E-state index in [1.165, 1.54) is 0 Å². The third-order valence-electron chi connectivity index (χ3n) is 2.49. The van der Waals surface area contributed by atoms with Crippen molar-refractivity contribution in [2.45, 2.75) is 0 Å². The van der Waals surface area contributed by atoms with Crippen LogP contribution in [0.2, 0.25) is 0 Å². The summed E-state index contributed by atoms with van der Waals surface area (Å²) in [5.74, 6) is 0.0653. The molecule has 0 unspecified atom stereocenters. The lowest BCUT2D eigenvalue weighted by molar-refractivity contribution is 0.0735. The number of nitrogens with two attached hydrogens (primary N) is 1. The Bertz CT molecular complexity index is 654. The molecule has 0 fully saturated rings. The number of hydrogen-bond acceptors (Lipinski definition) is 4. The summed E-state index contributed by atoms with van der Waals surface area (Å²) < 4.78 is 5.26. The fraction of sp³-hybridized carbons (Fsp3) is 0. The lowest BCUT2D eigenvalue weighted by Crippen LogP contribution is -2.23. The molecule has 5 nitrogen and oxygen atoms in total. The lowest BCUT2D eigenvalue weighted by Gasteiger charge is -2.04. The molecule has 6 heteroatoms. The molecule has 3 N–H and O–H groups in total. The second kappa shape index (κ2) is 7.16. The van der Waals surface area contributed by atoms with Crippen LogP contribution in [0, 0.1) is 0 Å². The van der Waals surface area contributed by atoms with Crippen molar-refractivity contribution in [2.24, 2.45) is 10.8 Å². The average molecular weight is 299 g/mol. The molecule has 0 saturated heterocycles. The molecule has 0 saturated carbocycles. The maximum absolute atomic E-state index is 11.9. The molecule has 2 aromatic rings. The van der Waals surface area contributed by atoms with Crippen LogP contribution in [-0.4, -0.2) is 17.3 Å². The summed E-state index contributed by atoms with van der Waals surface area (Å²) in [6.07, 6.45) is 1.56. The molecule has 0 aliphatic rings. The van der Waals surface area contributed by atoms with Crippen LogP contribution >= 0.6 is 12.2 Å². The minimum Gasteiger partial charge on any atom is -0.423 e. The van der Waals surface area contributed by atoms with Crippen LogP contribution in [0.5, 0.6) is 5.75 Å². The predicted molar refractivity (Wildman–Crippen MR) is 85.4 cm³/mol. The van der Waals surface area contributed by atoms with Crippen molar-refractivity contribution in [3.05, 3.63) is 65.7 Å². The summed E-state index contributed by atoms with van der Waals surface area (Å²) in [6, 6.07) is 15.7. The zero-order valence-electron chi connectivity index (χ0n) is 11.0. The number of esters is 1. The Kier molecular flexibility index (Phi) is 5.00. The van der Waals surface area contributed by atoms with Gasteiger partial charge in [0.2, 0.25) is 0 Å². The van der Waals surface area contributed by atoms with Gasteiger partial charge in [-0.3, -0.25) is 5.43 Å². The number of hydrazone groups is 1. The first-order valence-electron chi connectivity index (χ1n) is 6.11. The minimum absolute atomic E-state index is 0.0969. The number of carbonyl (C=O) groups excluding carboxylic acids is 1. The van der Waals surface area contributed by atoms with Crippen LogP contribution in [0.4, 0.5) is 0 Å². The van der Waals surface area contributed by atoms with E-state index in [-0.39, 0.29) is 5.11 Å². The van der Waals surface area contributed by atoms with E-state index in [9.17, 15) is 4.79 Å². The Morgan fingerprint density at radius 2 is 1.81 bits per heavy atom. The highest BCUT2D eigenvalue weighted by atomic mass is 32.1. The standard InChI is InChI=1S/C15H13N3O2S/c16-15(21)18-17-10-11-6-8-13(9-7-11)20-14(19)12-4-2-1-3-5-12/h1-10H,(H3,16,18,21)/b17-10+. The van der Waals surface area contributed by atoms with Gasteiger partial charge in [0.05, 0.1) is 11.8 Å². The van der Waals surface area contributed by atoms with E-state index < -0.39 is 5.97 Å². The molecule has 0 aliphatic carbocycles. The van der Waals surface area contributed by atoms with E-state index in [4.69, 9.17) is 10.5 Å². The third kappa shape index (κ3) is 4.70. The second-order valence-electron chi connectivity index (χ2n) is 4.06. The first kappa shape index (κ1) is 14.7. The number of benzene rings is 2. The Morgan fingerprint density at radius 1 is 1.14 bits per heavy atom. The Labute approximate surface area is 127 Å². The van der Waals surface area contributed by atoms with Gasteiger partial charge in [-0.05, 0) is 54.2 Å². The number of thiocarbonyl (C=S) groups is 1. The molecule has 2 rings (SSSR count). The monoisotopic (exact) mass is 299 g/mol. The van der Waals surface area contributed by atoms with Crippen molar-refractivity contribution in [2.75, 3.05) is 0 Å². The zero-order chi connectivity index (χ0) is 15.1. The van der Waals surface area contributed by atoms with Gasteiger partial charge in [0, 0.05) is 0 Å². The molecule has 106 valence electrons. The van der Waals surface area contributed by atoms with E-state index >= 15 is 0 Å². The molecule has 0 bridgehead atoms. The fourth-order valence-corrected chi connectivity index (χ4v) is 1.59. The molecule has 2 aromatic carbocycles. The molecule has 0 heterocycles. The summed E-state index contributed by atoms with van der Waals surface area (Å²) in [5, 5.41) is 3.93. The molecule has 0 aliphatic heterocycles. The summed E-state index contributed by atoms with van der Waals surface area (Å²) in [7, 11) is 0. The van der Waals surface area contributed by atoms with Crippen molar-refractivity contribution >= 4 is 29.5 Å². The van der Waals surface area contributed by atoms with Crippen LogP contribution < -0.4 is 15.9 Å². The van der Waals surface area contributed by atoms with Crippen molar-refractivity contribution in [1.82, 2.24) is 5.43 Å². The molecule has 0 atom stereocenters. The molecule has 0 amide bonds. The van der Waals surface area contributed by atoms with Gasteiger partial charge < -0.3 is 10.5 Å². The van der Waals surface area contributed by atoms with Crippen LogP contribution in [0.1, 0.15) is 15.9 Å². The van der Waals surface area contributed by atoms with E-state index in [0.717, 1.165) is 5.56 Å². The summed E-state index contributed by atoms with van der Waals surface area (Å²) in [6.45, 7) is 0. The highest BCUT2D eigenvalue weighted by Gasteiger charge is 2.07. The Balaban J connectivity index is 1.98. The summed E-state index contributed by atoms with van der Waals surface area (Å²) in [5.41, 5.74) is 9.02. The minimum atomic E-state index is -0.396. The van der Waals surface area contributed by atoms with Gasteiger partial charge in [0.1, 0.15) is 5.75 Å². The number of hydrogen-bond donors (Lipinski definition) is 2. The van der Waals surface area contributed by atoms with Crippen molar-refractivity contribution in [3.63, 3.8) is 0 Å². The number of rotatable bonds is 4. The molecule has 0 radical (unpaired) electrons. The van der Waals surface area contributed by atoms with Gasteiger partial charge in [0.15, 0.2) is 5.11 Å². The highest BCUT2D eigenvalue weighted by Crippen LogP contribution is 2.13. The summed E-state index contributed by atoms with van der Waals surface area (Å²) >= 11 is 4.62. The smallest absolute Gasteiger partial charge is 0.343 e. The number of nitrogens with one attached hydrogen (secondary N) is 1. The number of carbonyl (C=O) groups is 1. The van der Waals surface area contributed by atoms with Gasteiger partial charge in [0.25, 0.3) is 0 Å². The first-order valence-corrected chi connectivity index (χ1v) is 6.52. The molecular formula is C15H13N3O2S. The van der Waals surface area contributed by atoms with Gasteiger partial charge in [-0.25, -0.2) is 4.79 Å². The maximum Gasteiger partial charge on any atom is 0.343 e. The quantitative estimate of drug-likeness (QED) is 0.297. The van der Waals surface area contributed by atoms with Gasteiger partial charge in [-0.2, -0.15) is 5.10 Å². The van der Waals surface area contributed by atoms with E-state index in [2.05, 4.69) is 22.7 Å². The van der Waals surface area contributed by atoms with Crippen molar-refractivity contribution in [1.29, 1.82) is 0 Å². The van der Waals surface area contributed by atoms with Crippen LogP contribution in [0.25, 0.3) is 0 Å². The normalized spacial score (nSPS) is 10.3. The summed E-state index contributed by atoms with van der Waals surface area (Å²) in [4.78, 5) is 11.9. The van der Waals surface area contributed by atoms with Gasteiger partial charge >= 0.3 is 5.97 Å². The highest BCUT2D eigenvalue weighted by molar-refractivity contribution is 7.80. The Morgan fingerprint density at radius 3 is 2.43 bits per heavy atom. The average Bonchev–Trinajstić information content (AvgIpc) is 2.49. The van der Waals surface area contributed by atoms with Crippen LogP contribution in [-0.2, 0) is 0 Å². The van der Waals surface area contributed by atoms with Crippen LogP contribution in [0.3, 0.4) is 0 Å². The van der Waals surface area contributed by atoms with Crippen LogP contribution in [0.15, 0.2) is 59.7 Å². The number of ether oxygens (including phenoxy) is 1. The topological polar surface area (TPSA) is 76.7 Å². The van der Waals surface area contributed by atoms with E-state index in [0.29, 0.717) is 11.3 Å². The van der Waals surface area contributed by atoms with Crippen molar-refractivity contribution < 1.29 is 9.53 Å². The second-order valence-corrected chi connectivity index (χ2v) is 4.50. The third-order valence-corrected chi connectivity index (χ3v) is 2.58. The Hall–Kier alpha value is -2.73. The molecule has 0 aromatic heterocycles. The van der Waals surface area contributed by atoms with E-state index in [1.54, 1.807) is 54.7 Å². The van der Waals surface area contributed by atoms with Gasteiger partial charge in [-0.1, -0.05) is 18.2 Å². The molecular weight excluding hydrogens is 286 g/mol. The fourth-order valence-electron chi connectivity index (χ4n) is 1.53. The largest absolute Gasteiger partial charge is 0.423 e.